The van der Waals surface area contributed by atoms with Crippen LogP contribution in [0.3, 0.4) is 0 Å². The molecule has 13 nitrogen and oxygen atoms in total. The molecule has 2 aliphatic heterocycles. The van der Waals surface area contributed by atoms with Gasteiger partial charge in [0.2, 0.25) is 17.7 Å². The number of fused-ring (bicyclic) bond motifs is 1. The first-order chi connectivity index (χ1) is 19.5. The zero-order valence-corrected chi connectivity index (χ0v) is 22.2. The summed E-state index contributed by atoms with van der Waals surface area (Å²) in [5.41, 5.74) is 7.78. The Labute approximate surface area is 230 Å². The highest BCUT2D eigenvalue weighted by molar-refractivity contribution is 5.93. The van der Waals surface area contributed by atoms with E-state index in [2.05, 4.69) is 40.8 Å². The molecule has 0 radical (unpaired) electrons. The summed E-state index contributed by atoms with van der Waals surface area (Å²) in [4.78, 5) is 32.7. The Hall–Kier alpha value is -4.70. The standard InChI is InChI=1S/C27H30N10O3/c1-39-24(38)21-14-20(7-6-19(21)15-28)35-11-9-34(10-12-35)16-18-4-2-8-36(17-18)26-31-25(29)37-27(32-26)30-23(33-37)22-5-3-13-40-22/h3,5-7,13-14,18H,2,4,8-12,16-17H2,1H3,(H2,29,30,31,32,33)/t18-/m0/s1. The molecule has 40 heavy (non-hydrogen) atoms. The second-order valence-corrected chi connectivity index (χ2v) is 10.1. The molecule has 0 bridgehead atoms. The van der Waals surface area contributed by atoms with Crippen LogP contribution in [0, 0.1) is 17.2 Å². The quantitative estimate of drug-likeness (QED) is 0.355. The number of carbonyl (C=O) groups is 1. The minimum absolute atomic E-state index is 0.238. The van der Waals surface area contributed by atoms with Crippen molar-refractivity contribution >= 4 is 29.3 Å². The molecule has 2 fully saturated rings. The molecule has 0 spiro atoms. The lowest BCUT2D eigenvalue weighted by molar-refractivity contribution is 0.0600. The van der Waals surface area contributed by atoms with E-state index in [-0.39, 0.29) is 5.95 Å². The van der Waals surface area contributed by atoms with E-state index >= 15 is 0 Å². The van der Waals surface area contributed by atoms with E-state index in [1.807, 2.05) is 6.07 Å². The molecule has 4 aromatic rings. The van der Waals surface area contributed by atoms with Gasteiger partial charge in [0.05, 0.1) is 24.5 Å². The van der Waals surface area contributed by atoms with E-state index < -0.39 is 5.97 Å². The van der Waals surface area contributed by atoms with Gasteiger partial charge in [-0.2, -0.15) is 24.7 Å². The molecule has 1 aromatic carbocycles. The van der Waals surface area contributed by atoms with E-state index in [9.17, 15) is 10.1 Å². The van der Waals surface area contributed by atoms with E-state index in [1.165, 1.54) is 11.6 Å². The molecule has 13 heteroatoms. The molecule has 0 aliphatic carbocycles. The van der Waals surface area contributed by atoms with E-state index in [1.54, 1.807) is 30.5 Å². The fourth-order valence-electron chi connectivity index (χ4n) is 5.50. The number of rotatable bonds is 6. The molecule has 0 unspecified atom stereocenters. The van der Waals surface area contributed by atoms with Gasteiger partial charge in [-0.1, -0.05) is 0 Å². The summed E-state index contributed by atoms with van der Waals surface area (Å²) in [6.07, 6.45) is 3.76. The van der Waals surface area contributed by atoms with Gasteiger partial charge in [0.15, 0.2) is 5.76 Å². The van der Waals surface area contributed by atoms with Crippen molar-refractivity contribution < 1.29 is 13.9 Å². The molecule has 0 amide bonds. The van der Waals surface area contributed by atoms with Crippen molar-refractivity contribution in [2.75, 3.05) is 68.5 Å². The predicted molar refractivity (Wildman–Crippen MR) is 147 cm³/mol. The monoisotopic (exact) mass is 542 g/mol. The van der Waals surface area contributed by atoms with Crippen molar-refractivity contribution in [1.29, 1.82) is 5.26 Å². The third-order valence-corrected chi connectivity index (χ3v) is 7.55. The number of hydrogen-bond donors (Lipinski definition) is 1. The molecule has 206 valence electrons. The molecule has 1 atom stereocenters. The molecule has 2 aliphatic rings. The summed E-state index contributed by atoms with van der Waals surface area (Å²) in [5, 5.41) is 13.7. The van der Waals surface area contributed by atoms with Crippen LogP contribution in [0.5, 0.6) is 0 Å². The van der Waals surface area contributed by atoms with Crippen molar-refractivity contribution in [2.24, 2.45) is 5.92 Å². The molecular weight excluding hydrogens is 512 g/mol. The number of nitrogen functional groups attached to an aromatic ring is 1. The number of methoxy groups -OCH3 is 1. The number of furan rings is 1. The molecule has 3 aromatic heterocycles. The molecule has 2 saturated heterocycles. The lowest BCUT2D eigenvalue weighted by Gasteiger charge is -2.40. The van der Waals surface area contributed by atoms with Gasteiger partial charge in [0, 0.05) is 51.5 Å². The number of nitriles is 1. The normalized spacial score (nSPS) is 18.1. The maximum atomic E-state index is 12.1. The van der Waals surface area contributed by atoms with Gasteiger partial charge in [-0.25, -0.2) is 4.79 Å². The minimum Gasteiger partial charge on any atom is -0.465 e. The average Bonchev–Trinajstić information content (AvgIpc) is 3.68. The van der Waals surface area contributed by atoms with Crippen LogP contribution in [0.15, 0.2) is 41.0 Å². The van der Waals surface area contributed by atoms with Gasteiger partial charge in [-0.15, -0.1) is 5.10 Å². The lowest BCUT2D eigenvalue weighted by Crippen LogP contribution is -2.50. The number of nitrogens with two attached hydrogens (primary N) is 1. The van der Waals surface area contributed by atoms with Gasteiger partial charge in [-0.3, -0.25) is 4.90 Å². The largest absolute Gasteiger partial charge is 0.465 e. The van der Waals surface area contributed by atoms with Crippen molar-refractivity contribution in [3.8, 4) is 17.7 Å². The van der Waals surface area contributed by atoms with E-state index in [0.717, 1.165) is 64.3 Å². The van der Waals surface area contributed by atoms with Crippen molar-refractivity contribution in [2.45, 2.75) is 12.8 Å². The summed E-state index contributed by atoms with van der Waals surface area (Å²) in [5.74, 6) is 2.14. The van der Waals surface area contributed by atoms with Gasteiger partial charge < -0.3 is 24.7 Å². The van der Waals surface area contributed by atoms with E-state index in [4.69, 9.17) is 14.9 Å². The maximum absolute atomic E-state index is 12.1. The Morgan fingerprint density at radius 3 is 2.75 bits per heavy atom. The van der Waals surface area contributed by atoms with Gasteiger partial charge in [0.1, 0.15) is 6.07 Å². The van der Waals surface area contributed by atoms with Crippen LogP contribution in [0.2, 0.25) is 0 Å². The van der Waals surface area contributed by atoms with Crippen LogP contribution in [0.25, 0.3) is 17.4 Å². The average molecular weight is 543 g/mol. The first-order valence-electron chi connectivity index (χ1n) is 13.3. The van der Waals surface area contributed by atoms with Gasteiger partial charge in [-0.05, 0) is 49.1 Å². The third kappa shape index (κ3) is 5.01. The fourth-order valence-corrected chi connectivity index (χ4v) is 5.50. The zero-order chi connectivity index (χ0) is 27.6. The van der Waals surface area contributed by atoms with Gasteiger partial charge in [0.25, 0.3) is 5.78 Å². The first-order valence-corrected chi connectivity index (χ1v) is 13.3. The molecular formula is C27H30N10O3. The number of nitrogens with zero attached hydrogens (tertiary/aromatic N) is 9. The number of benzene rings is 1. The summed E-state index contributed by atoms with van der Waals surface area (Å²) in [6, 6.07) is 11.0. The smallest absolute Gasteiger partial charge is 0.339 e. The number of piperidine rings is 1. The van der Waals surface area contributed by atoms with Crippen molar-refractivity contribution in [1.82, 2.24) is 29.5 Å². The van der Waals surface area contributed by atoms with Crippen LogP contribution in [0.1, 0.15) is 28.8 Å². The maximum Gasteiger partial charge on any atom is 0.339 e. The highest BCUT2D eigenvalue weighted by Gasteiger charge is 2.27. The van der Waals surface area contributed by atoms with Crippen molar-refractivity contribution in [3.05, 3.63) is 47.7 Å². The number of hydrogen-bond acceptors (Lipinski definition) is 12. The number of ether oxygens (including phenoxy) is 1. The number of esters is 1. The van der Waals surface area contributed by atoms with Crippen LogP contribution in [0.4, 0.5) is 17.6 Å². The summed E-state index contributed by atoms with van der Waals surface area (Å²) in [7, 11) is 1.33. The Balaban J connectivity index is 1.08. The highest BCUT2D eigenvalue weighted by Crippen LogP contribution is 2.26. The van der Waals surface area contributed by atoms with Crippen molar-refractivity contribution in [3.63, 3.8) is 0 Å². The first kappa shape index (κ1) is 25.6. The Bertz CT molecular complexity index is 1550. The molecule has 5 heterocycles. The van der Waals surface area contributed by atoms with Crippen LogP contribution >= 0.6 is 0 Å². The minimum atomic E-state index is -0.495. The second-order valence-electron chi connectivity index (χ2n) is 10.1. The fraction of sp³-hybridized carbons (Fsp3) is 0.407. The van der Waals surface area contributed by atoms with Crippen LogP contribution < -0.4 is 15.5 Å². The number of piperazine rings is 1. The molecule has 6 rings (SSSR count). The van der Waals surface area contributed by atoms with E-state index in [0.29, 0.717) is 40.4 Å². The van der Waals surface area contributed by atoms with Crippen LogP contribution in [-0.4, -0.2) is 88.4 Å². The zero-order valence-electron chi connectivity index (χ0n) is 22.2. The SMILES string of the molecule is COC(=O)c1cc(N2CCN(C[C@@H]3CCCN(c4nc(N)n5nc(-c6ccco6)nc5n4)C3)CC2)ccc1C#N. The Morgan fingerprint density at radius 2 is 2.00 bits per heavy atom. The lowest BCUT2D eigenvalue weighted by atomic mass is 9.97. The summed E-state index contributed by atoms with van der Waals surface area (Å²) < 4.78 is 11.7. The van der Waals surface area contributed by atoms with Crippen LogP contribution in [-0.2, 0) is 4.74 Å². The topological polar surface area (TPSA) is 155 Å². The Kier molecular flexibility index (Phi) is 6.91. The molecule has 2 N–H and O–H groups in total. The summed E-state index contributed by atoms with van der Waals surface area (Å²) >= 11 is 0. The molecule has 0 saturated carbocycles. The number of aromatic nitrogens is 5. The predicted octanol–water partition coefficient (Wildman–Crippen LogP) is 2.06. The highest BCUT2D eigenvalue weighted by atomic mass is 16.5. The number of anilines is 3. The Morgan fingerprint density at radius 1 is 1.15 bits per heavy atom. The van der Waals surface area contributed by atoms with Gasteiger partial charge >= 0.3 is 5.97 Å². The third-order valence-electron chi connectivity index (χ3n) is 7.55. The number of carbonyl (C=O) groups excluding carboxylic acids is 1. The second kappa shape index (κ2) is 10.8. The summed E-state index contributed by atoms with van der Waals surface area (Å²) in [6.45, 7) is 6.18.